The molecule has 1 atom stereocenters. The van der Waals surface area contributed by atoms with Gasteiger partial charge in [-0.1, -0.05) is 22.9 Å². The van der Waals surface area contributed by atoms with Gasteiger partial charge in [0.15, 0.2) is 4.96 Å². The van der Waals surface area contributed by atoms with Gasteiger partial charge in [-0.15, -0.1) is 0 Å². The minimum atomic E-state index is -0.358. The van der Waals surface area contributed by atoms with Crippen LogP contribution in [0.4, 0.5) is 10.1 Å². The van der Waals surface area contributed by atoms with E-state index in [2.05, 4.69) is 15.6 Å². The van der Waals surface area contributed by atoms with Crippen molar-refractivity contribution >= 4 is 71.5 Å². The fourth-order valence-electron chi connectivity index (χ4n) is 2.94. The van der Waals surface area contributed by atoms with Crippen LogP contribution < -0.4 is 10.6 Å². The van der Waals surface area contributed by atoms with Gasteiger partial charge in [-0.05, 0) is 6.92 Å². The number of hydrogen-bond donors (Lipinski definition) is 3. The molecule has 3 rings (SSSR count). The summed E-state index contributed by atoms with van der Waals surface area (Å²) in [6, 6.07) is 4.89. The van der Waals surface area contributed by atoms with Crippen LogP contribution in [0.25, 0.3) is 4.96 Å². The van der Waals surface area contributed by atoms with E-state index in [1.54, 1.807) is 29.7 Å². The third-order valence-corrected chi connectivity index (χ3v) is 8.00. The number of fused-ring (bicyclic) bond motifs is 1. The van der Waals surface area contributed by atoms with Gasteiger partial charge in [0.1, 0.15) is 10.0 Å². The van der Waals surface area contributed by atoms with Crippen LogP contribution in [0.1, 0.15) is 28.2 Å². The van der Waals surface area contributed by atoms with E-state index >= 15 is 0 Å². The predicted octanol–water partition coefficient (Wildman–Crippen LogP) is 4.08. The molecule has 10 heteroatoms. The number of thiazole rings is 1. The summed E-state index contributed by atoms with van der Waals surface area (Å²) in [5.74, 6) is -0.362. The first-order valence-corrected chi connectivity index (χ1v) is 13.4. The second kappa shape index (κ2) is 9.99. The van der Waals surface area contributed by atoms with Crippen LogP contribution in [-0.2, 0) is 6.54 Å². The van der Waals surface area contributed by atoms with Crippen LogP contribution in [0.5, 0.6) is 0 Å². The van der Waals surface area contributed by atoms with Crippen molar-refractivity contribution in [2.24, 2.45) is 5.92 Å². The second-order valence-corrected chi connectivity index (χ2v) is 10.1. The van der Waals surface area contributed by atoms with Gasteiger partial charge in [-0.25, -0.2) is 4.98 Å². The van der Waals surface area contributed by atoms with Crippen molar-refractivity contribution in [1.29, 1.82) is 5.41 Å². The van der Waals surface area contributed by atoms with Crippen molar-refractivity contribution in [3.8, 4) is 0 Å². The molecule has 0 aliphatic heterocycles. The molecular weight excluding hydrogens is 605 g/mol. The van der Waals surface area contributed by atoms with Gasteiger partial charge >= 0.3 is 123 Å². The molecule has 0 saturated carbocycles. The summed E-state index contributed by atoms with van der Waals surface area (Å²) in [6.45, 7) is 2.60. The number of amides is 1. The van der Waals surface area contributed by atoms with Crippen molar-refractivity contribution < 1.29 is 9.18 Å². The number of aromatic nitrogens is 2. The van der Waals surface area contributed by atoms with Crippen LogP contribution >= 0.6 is 22.9 Å². The van der Waals surface area contributed by atoms with E-state index in [0.717, 1.165) is 36.2 Å². The van der Waals surface area contributed by atoms with E-state index in [-0.39, 0.29) is 24.2 Å². The van der Waals surface area contributed by atoms with Gasteiger partial charge in [0.2, 0.25) is 0 Å². The number of carbonyl (C=O) groups excluding carboxylic acids is 1. The van der Waals surface area contributed by atoms with Crippen LogP contribution in [0, 0.1) is 24.1 Å². The molecule has 2 aromatic heterocycles. The van der Waals surface area contributed by atoms with E-state index in [1.165, 1.54) is 23.6 Å². The van der Waals surface area contributed by atoms with E-state index in [4.69, 9.17) is 17.0 Å². The number of nitrogens with zero attached hydrogens (tertiary/aromatic N) is 2. The zero-order valence-corrected chi connectivity index (χ0v) is 21.9. The monoisotopic (exact) mass is 625 g/mol. The van der Waals surface area contributed by atoms with E-state index < -0.39 is 0 Å². The molecule has 3 aromatic rings. The van der Waals surface area contributed by atoms with Crippen molar-refractivity contribution in [2.75, 3.05) is 11.9 Å². The Morgan fingerprint density at radius 3 is 3.00 bits per heavy atom. The number of aryl methyl sites for hydroxylation is 1. The molecule has 0 aliphatic rings. The molecule has 0 saturated heterocycles. The molecule has 0 radical (unpaired) electrons. The average Bonchev–Trinajstić information content (AvgIpc) is 3.18. The molecule has 2 heterocycles. The van der Waals surface area contributed by atoms with Crippen molar-refractivity contribution in [3.05, 3.63) is 51.5 Å². The Labute approximate surface area is 193 Å². The first-order chi connectivity index (χ1) is 13.9. The number of halogens is 2. The Kier molecular flexibility index (Phi) is 7.63. The van der Waals surface area contributed by atoms with Crippen molar-refractivity contribution in [2.45, 2.75) is 23.9 Å². The van der Waals surface area contributed by atoms with Gasteiger partial charge in [-0.2, -0.15) is 0 Å². The Bertz CT molecular complexity index is 1040. The van der Waals surface area contributed by atoms with Crippen LogP contribution in [-0.4, -0.2) is 53.8 Å². The molecule has 1 amide bonds. The van der Waals surface area contributed by atoms with E-state index in [9.17, 15) is 9.18 Å². The Morgan fingerprint density at radius 2 is 2.31 bits per heavy atom. The quantitative estimate of drug-likeness (QED) is 0.248. The second-order valence-electron chi connectivity index (χ2n) is 6.61. The summed E-state index contributed by atoms with van der Waals surface area (Å²) in [7, 11) is 0. The maximum absolute atomic E-state index is 14.4. The molecule has 6 nitrogen and oxygen atoms in total. The normalized spacial score (nSPS) is 12.1. The zero-order valence-electron chi connectivity index (χ0n) is 15.8. The number of nitrogens with one attached hydrogen (secondary N) is 3. The molecule has 0 spiro atoms. The third kappa shape index (κ3) is 5.34. The first-order valence-electron chi connectivity index (χ1n) is 9.08. The third-order valence-electron chi connectivity index (χ3n) is 4.54. The number of imidazole rings is 1. The molecule has 0 fully saturated rings. The van der Waals surface area contributed by atoms with E-state index in [1.807, 2.05) is 0 Å². The predicted molar refractivity (Wildman–Crippen MR) is 116 cm³/mol. The fourth-order valence-corrected chi connectivity index (χ4v) is 5.45. The Balaban J connectivity index is 1.60. The summed E-state index contributed by atoms with van der Waals surface area (Å²) < 4.78 is 17.7. The average molecular weight is 625 g/mol. The Morgan fingerprint density at radius 1 is 1.52 bits per heavy atom. The molecule has 1 unspecified atom stereocenters. The topological polar surface area (TPSA) is 82.3 Å². The van der Waals surface area contributed by atoms with E-state index in [0.29, 0.717) is 38.5 Å². The molecule has 150 valence electrons. The Hall–Kier alpha value is -1.53. The van der Waals surface area contributed by atoms with Crippen LogP contribution in [0.3, 0.4) is 0 Å². The summed E-state index contributed by atoms with van der Waals surface area (Å²) in [5.41, 5.74) is 2.15. The van der Waals surface area contributed by atoms with Gasteiger partial charge in [0.05, 0.1) is 5.69 Å². The summed E-state index contributed by atoms with van der Waals surface area (Å²) >= 11 is 8.16. The number of anilines is 1. The van der Waals surface area contributed by atoms with Crippen LogP contribution in [0.15, 0.2) is 24.4 Å². The molecule has 3 N–H and O–H groups in total. The molecule has 29 heavy (non-hydrogen) atoms. The fraction of sp³-hybridized carbons (Fsp3) is 0.316. The maximum atomic E-state index is 14.4. The summed E-state index contributed by atoms with van der Waals surface area (Å²) in [4.78, 5) is 17.6. The summed E-state index contributed by atoms with van der Waals surface area (Å²) in [6.07, 6.45) is 3.97. The summed E-state index contributed by atoms with van der Waals surface area (Å²) in [5, 5.41) is 13.3. The molecule has 0 bridgehead atoms. The minimum absolute atomic E-state index is 0.206. The number of rotatable bonds is 9. The number of benzene rings is 1. The van der Waals surface area contributed by atoms with Gasteiger partial charge < -0.3 is 0 Å². The standard InChI is InChI=1S/C19H20ClFN5OS.Tl/c1-11(8-22)5-6-23-15-4-3-13(7-14(15)21)9-24-18(27)17-12(2)25-19-26(17)10-16(20)28-19;/h3-4,7-8,10-11,22-23H,1,5-6,9H2,2H3,(H,24,27);. The van der Waals surface area contributed by atoms with Crippen LogP contribution in [0.2, 0.25) is 8.32 Å². The molecule has 0 aliphatic carbocycles. The SMILES string of the molecule is Cc1nc2sc(Cl)cn2c1C(=O)NCc1ccc(NCCC(C=N)[CH2][Tl])c(F)c1. The van der Waals surface area contributed by atoms with Gasteiger partial charge in [0, 0.05) is 6.20 Å². The molecule has 1 aromatic carbocycles. The van der Waals surface area contributed by atoms with Gasteiger partial charge in [0.25, 0.3) is 0 Å². The van der Waals surface area contributed by atoms with Crippen molar-refractivity contribution in [1.82, 2.24) is 14.7 Å². The van der Waals surface area contributed by atoms with Gasteiger partial charge in [-0.3, -0.25) is 9.20 Å². The molecular formula is C19H20ClFN5OSTl. The zero-order chi connectivity index (χ0) is 21.0. The first kappa shape index (κ1) is 22.2. The number of carbonyl (C=O) groups is 1. The number of hydrogen-bond acceptors (Lipinski definition) is 5. The van der Waals surface area contributed by atoms with Crippen molar-refractivity contribution in [3.63, 3.8) is 0 Å².